The van der Waals surface area contributed by atoms with E-state index in [1.54, 1.807) is 6.08 Å². The molecular formula is C18H21N. The quantitative estimate of drug-likeness (QED) is 0.504. The predicted octanol–water partition coefficient (Wildman–Crippen LogP) is 5.20. The molecule has 1 aromatic carbocycles. The monoisotopic (exact) mass is 251 g/mol. The first kappa shape index (κ1) is 14.9. The van der Waals surface area contributed by atoms with Gasteiger partial charge < -0.3 is 0 Å². The molecule has 1 nitrogen and oxygen atoms in total. The molecule has 98 valence electrons. The number of rotatable bonds is 5. The van der Waals surface area contributed by atoms with Crippen molar-refractivity contribution in [3.05, 3.63) is 78.6 Å². The van der Waals surface area contributed by atoms with Gasteiger partial charge in [-0.05, 0) is 37.5 Å². The standard InChI is InChI=1S/C18H21N/c1-5-7-11-17(6-2)16(4)19-14-15(3)18-12-9-8-10-13-18/h5-14H,1H2,2-4H3/b11-7-,15-14+,17-6+,19-16+. The van der Waals surface area contributed by atoms with Crippen LogP contribution in [0.3, 0.4) is 0 Å². The van der Waals surface area contributed by atoms with Crippen LogP contribution in [-0.2, 0) is 0 Å². The third-order valence-corrected chi connectivity index (χ3v) is 2.82. The lowest BCUT2D eigenvalue weighted by atomic mass is 10.1. The maximum Gasteiger partial charge on any atom is 0.0441 e. The number of benzene rings is 1. The second kappa shape index (κ2) is 8.04. The minimum Gasteiger partial charge on any atom is -0.261 e. The van der Waals surface area contributed by atoms with E-state index in [2.05, 4.69) is 30.6 Å². The molecule has 0 radical (unpaired) electrons. The molecule has 1 aromatic rings. The predicted molar refractivity (Wildman–Crippen MR) is 86.3 cm³/mol. The third-order valence-electron chi connectivity index (χ3n) is 2.82. The van der Waals surface area contributed by atoms with Gasteiger partial charge in [-0.15, -0.1) is 0 Å². The highest BCUT2D eigenvalue weighted by atomic mass is 14.7. The Morgan fingerprint density at radius 1 is 1.16 bits per heavy atom. The average molecular weight is 251 g/mol. The lowest BCUT2D eigenvalue weighted by molar-refractivity contribution is 1.46. The van der Waals surface area contributed by atoms with Crippen LogP contribution in [0.2, 0.25) is 0 Å². The Labute approximate surface area is 116 Å². The molecule has 0 amide bonds. The van der Waals surface area contributed by atoms with Gasteiger partial charge in [0, 0.05) is 11.9 Å². The Bertz CT molecular complexity index is 528. The van der Waals surface area contributed by atoms with Crippen molar-refractivity contribution in [1.82, 2.24) is 0 Å². The number of hydrogen-bond donors (Lipinski definition) is 0. The molecule has 1 heteroatoms. The molecule has 19 heavy (non-hydrogen) atoms. The van der Waals surface area contributed by atoms with Crippen LogP contribution in [0.25, 0.3) is 5.57 Å². The van der Waals surface area contributed by atoms with Crippen LogP contribution in [0.1, 0.15) is 26.3 Å². The Hall–Kier alpha value is -2.15. The van der Waals surface area contributed by atoms with Crippen LogP contribution < -0.4 is 0 Å². The maximum atomic E-state index is 4.53. The van der Waals surface area contributed by atoms with E-state index in [1.807, 2.05) is 56.5 Å². The summed E-state index contributed by atoms with van der Waals surface area (Å²) in [6.45, 7) is 9.77. The van der Waals surface area contributed by atoms with Gasteiger partial charge in [-0.1, -0.05) is 61.2 Å². The fourth-order valence-electron chi connectivity index (χ4n) is 1.64. The summed E-state index contributed by atoms with van der Waals surface area (Å²) in [6, 6.07) is 10.3. The Balaban J connectivity index is 2.90. The topological polar surface area (TPSA) is 12.4 Å². The molecule has 0 fully saturated rings. The van der Waals surface area contributed by atoms with Gasteiger partial charge in [-0.3, -0.25) is 4.99 Å². The average Bonchev–Trinajstić information content (AvgIpc) is 2.46. The number of nitrogens with zero attached hydrogens (tertiary/aromatic N) is 1. The van der Waals surface area contributed by atoms with Gasteiger partial charge in [0.2, 0.25) is 0 Å². The van der Waals surface area contributed by atoms with Gasteiger partial charge in [0.05, 0.1) is 0 Å². The van der Waals surface area contributed by atoms with Crippen molar-refractivity contribution in [3.63, 3.8) is 0 Å². The van der Waals surface area contributed by atoms with Crippen LogP contribution >= 0.6 is 0 Å². The summed E-state index contributed by atoms with van der Waals surface area (Å²) in [5, 5.41) is 0. The molecule has 0 saturated heterocycles. The summed E-state index contributed by atoms with van der Waals surface area (Å²) in [5.41, 5.74) is 4.46. The summed E-state index contributed by atoms with van der Waals surface area (Å²) in [6.07, 6.45) is 9.65. The molecule has 0 aromatic heterocycles. The van der Waals surface area contributed by atoms with Crippen LogP contribution in [0.5, 0.6) is 0 Å². The Kier molecular flexibility index (Phi) is 6.31. The molecule has 1 rings (SSSR count). The summed E-state index contributed by atoms with van der Waals surface area (Å²) in [4.78, 5) is 4.53. The first-order valence-electron chi connectivity index (χ1n) is 6.41. The summed E-state index contributed by atoms with van der Waals surface area (Å²) in [7, 11) is 0. The van der Waals surface area contributed by atoms with E-state index in [9.17, 15) is 0 Å². The Morgan fingerprint density at radius 2 is 1.84 bits per heavy atom. The zero-order valence-electron chi connectivity index (χ0n) is 11.9. The van der Waals surface area contributed by atoms with Gasteiger partial charge in [-0.25, -0.2) is 0 Å². The molecule has 0 heterocycles. The van der Waals surface area contributed by atoms with Crippen LogP contribution in [0, 0.1) is 0 Å². The van der Waals surface area contributed by atoms with Crippen LogP contribution in [-0.4, -0.2) is 5.71 Å². The lowest BCUT2D eigenvalue weighted by Crippen LogP contribution is -1.93. The highest BCUT2D eigenvalue weighted by Gasteiger charge is 1.96. The zero-order valence-corrected chi connectivity index (χ0v) is 11.9. The van der Waals surface area contributed by atoms with Gasteiger partial charge in [0.1, 0.15) is 0 Å². The minimum absolute atomic E-state index is 0.996. The molecule has 0 N–H and O–H groups in total. The number of allylic oxidation sites excluding steroid dienone is 6. The minimum atomic E-state index is 0.996. The molecule has 0 saturated carbocycles. The second-order valence-electron chi connectivity index (χ2n) is 4.23. The van der Waals surface area contributed by atoms with Gasteiger partial charge >= 0.3 is 0 Å². The summed E-state index contributed by atoms with van der Waals surface area (Å²) in [5.74, 6) is 0. The lowest BCUT2D eigenvalue weighted by Gasteiger charge is -2.01. The highest BCUT2D eigenvalue weighted by Crippen LogP contribution is 2.13. The van der Waals surface area contributed by atoms with Crippen molar-refractivity contribution in [2.45, 2.75) is 20.8 Å². The smallest absolute Gasteiger partial charge is 0.0441 e. The van der Waals surface area contributed by atoms with Crippen molar-refractivity contribution in [2.24, 2.45) is 4.99 Å². The summed E-state index contributed by atoms with van der Waals surface area (Å²) >= 11 is 0. The van der Waals surface area contributed by atoms with Gasteiger partial charge in [-0.2, -0.15) is 0 Å². The van der Waals surface area contributed by atoms with Crippen molar-refractivity contribution in [1.29, 1.82) is 0 Å². The molecule has 0 atom stereocenters. The normalized spacial score (nSPS) is 13.9. The number of hydrogen-bond acceptors (Lipinski definition) is 1. The van der Waals surface area contributed by atoms with E-state index in [0.717, 1.165) is 16.9 Å². The van der Waals surface area contributed by atoms with Crippen LogP contribution in [0.15, 0.2) is 78.0 Å². The van der Waals surface area contributed by atoms with E-state index in [0.29, 0.717) is 0 Å². The Morgan fingerprint density at radius 3 is 2.42 bits per heavy atom. The maximum absolute atomic E-state index is 4.53. The van der Waals surface area contributed by atoms with Gasteiger partial charge in [0.25, 0.3) is 0 Å². The molecular weight excluding hydrogens is 230 g/mol. The first-order chi connectivity index (χ1) is 9.19. The summed E-state index contributed by atoms with van der Waals surface area (Å²) < 4.78 is 0. The highest BCUT2D eigenvalue weighted by molar-refractivity contribution is 6.01. The molecule has 0 aliphatic rings. The van der Waals surface area contributed by atoms with Gasteiger partial charge in [0.15, 0.2) is 0 Å². The van der Waals surface area contributed by atoms with E-state index < -0.39 is 0 Å². The molecule has 0 aliphatic heterocycles. The van der Waals surface area contributed by atoms with E-state index in [-0.39, 0.29) is 0 Å². The van der Waals surface area contributed by atoms with Crippen molar-refractivity contribution < 1.29 is 0 Å². The zero-order chi connectivity index (χ0) is 14.1. The molecule has 0 unspecified atom stereocenters. The molecule has 0 aliphatic carbocycles. The number of aliphatic imine (C=N–C) groups is 1. The van der Waals surface area contributed by atoms with Crippen molar-refractivity contribution >= 4 is 11.3 Å². The first-order valence-corrected chi connectivity index (χ1v) is 6.41. The SMILES string of the molecule is C=C\C=C/C(=C\C)C(/C)=N/C=C(\C)c1ccccc1. The third kappa shape index (κ3) is 4.92. The molecule has 0 spiro atoms. The molecule has 0 bridgehead atoms. The van der Waals surface area contributed by atoms with Crippen LogP contribution in [0.4, 0.5) is 0 Å². The van der Waals surface area contributed by atoms with E-state index in [1.165, 1.54) is 5.56 Å². The van der Waals surface area contributed by atoms with E-state index in [4.69, 9.17) is 0 Å². The second-order valence-corrected chi connectivity index (χ2v) is 4.23. The fraction of sp³-hybridized carbons (Fsp3) is 0.167. The fourth-order valence-corrected chi connectivity index (χ4v) is 1.64. The van der Waals surface area contributed by atoms with Crippen molar-refractivity contribution in [3.8, 4) is 0 Å². The van der Waals surface area contributed by atoms with E-state index >= 15 is 0 Å². The largest absolute Gasteiger partial charge is 0.261 e. The van der Waals surface area contributed by atoms with Crippen molar-refractivity contribution in [2.75, 3.05) is 0 Å².